The molecule has 0 saturated heterocycles. The Morgan fingerprint density at radius 3 is 2.76 bits per heavy atom. The molecule has 1 aromatic heterocycles. The molecule has 1 heterocycles. The zero-order valence-corrected chi connectivity index (χ0v) is 13.8. The van der Waals surface area contributed by atoms with Crippen LogP contribution in [0, 0.1) is 12.8 Å². The maximum Gasteiger partial charge on any atom is 0.0907 e. The number of hydrogen-bond acceptors (Lipinski definition) is 4. The van der Waals surface area contributed by atoms with Gasteiger partial charge >= 0.3 is 0 Å². The predicted molar refractivity (Wildman–Crippen MR) is 93.0 cm³/mol. The van der Waals surface area contributed by atoms with Crippen molar-refractivity contribution in [1.82, 2.24) is 4.98 Å². The summed E-state index contributed by atoms with van der Waals surface area (Å²) in [6.45, 7) is 4.33. The standard InChI is InChI=1S/C17H25N3S/c1-3-4-12-5-7-13(8-6-12)20-15-10-16-17(9-14(15)18)21-11(2)19-16/h9-10,12-13,20H,3-8,18H2,1-2H3. The molecule has 0 unspecified atom stereocenters. The smallest absolute Gasteiger partial charge is 0.0907 e. The van der Waals surface area contributed by atoms with Gasteiger partial charge in [0.1, 0.15) is 0 Å². The van der Waals surface area contributed by atoms with Gasteiger partial charge in [-0.1, -0.05) is 19.8 Å². The van der Waals surface area contributed by atoms with Gasteiger partial charge in [-0.25, -0.2) is 4.98 Å². The van der Waals surface area contributed by atoms with E-state index in [1.54, 1.807) is 11.3 Å². The monoisotopic (exact) mass is 303 g/mol. The number of thiazole rings is 1. The second-order valence-corrected chi connectivity index (χ2v) is 7.53. The van der Waals surface area contributed by atoms with Crippen LogP contribution in [-0.2, 0) is 0 Å². The third kappa shape index (κ3) is 3.31. The summed E-state index contributed by atoms with van der Waals surface area (Å²) in [4.78, 5) is 4.57. The Bertz CT molecular complexity index is 612. The molecule has 114 valence electrons. The summed E-state index contributed by atoms with van der Waals surface area (Å²) >= 11 is 1.71. The molecular formula is C17H25N3S. The highest BCUT2D eigenvalue weighted by molar-refractivity contribution is 7.18. The number of nitrogen functional groups attached to an aromatic ring is 1. The molecule has 0 aliphatic heterocycles. The summed E-state index contributed by atoms with van der Waals surface area (Å²) in [6, 6.07) is 4.75. The Labute approximate surface area is 131 Å². The van der Waals surface area contributed by atoms with Crippen molar-refractivity contribution in [3.63, 3.8) is 0 Å². The Balaban J connectivity index is 1.69. The largest absolute Gasteiger partial charge is 0.397 e. The van der Waals surface area contributed by atoms with Crippen LogP contribution in [0.2, 0.25) is 0 Å². The van der Waals surface area contributed by atoms with E-state index in [2.05, 4.69) is 29.4 Å². The minimum atomic E-state index is 0.567. The number of hydrogen-bond donors (Lipinski definition) is 2. The quantitative estimate of drug-likeness (QED) is 0.785. The molecule has 2 aromatic rings. The molecule has 0 atom stereocenters. The van der Waals surface area contributed by atoms with Gasteiger partial charge in [-0.3, -0.25) is 0 Å². The average Bonchev–Trinajstić information content (AvgIpc) is 2.81. The Hall–Kier alpha value is -1.29. The highest BCUT2D eigenvalue weighted by Gasteiger charge is 2.21. The fourth-order valence-electron chi connectivity index (χ4n) is 3.45. The van der Waals surface area contributed by atoms with Gasteiger partial charge in [-0.2, -0.15) is 0 Å². The van der Waals surface area contributed by atoms with Crippen molar-refractivity contribution < 1.29 is 0 Å². The second kappa shape index (κ2) is 6.22. The third-order valence-corrected chi connectivity index (χ3v) is 5.50. The number of aryl methyl sites for hydroxylation is 1. The number of anilines is 2. The lowest BCUT2D eigenvalue weighted by Crippen LogP contribution is -2.26. The van der Waals surface area contributed by atoms with Crippen molar-refractivity contribution in [1.29, 1.82) is 0 Å². The number of benzene rings is 1. The lowest BCUT2D eigenvalue weighted by Gasteiger charge is -2.30. The minimum Gasteiger partial charge on any atom is -0.397 e. The van der Waals surface area contributed by atoms with Gasteiger partial charge in [0.05, 0.1) is 26.6 Å². The molecule has 0 bridgehead atoms. The van der Waals surface area contributed by atoms with Crippen molar-refractivity contribution in [2.45, 2.75) is 58.4 Å². The first-order valence-corrected chi connectivity index (χ1v) is 8.90. The van der Waals surface area contributed by atoms with Crippen molar-refractivity contribution in [2.75, 3.05) is 11.1 Å². The normalized spacial score (nSPS) is 22.6. The molecule has 21 heavy (non-hydrogen) atoms. The van der Waals surface area contributed by atoms with Crippen LogP contribution in [0.15, 0.2) is 12.1 Å². The first kappa shape index (κ1) is 14.6. The second-order valence-electron chi connectivity index (χ2n) is 6.29. The molecule has 4 heteroatoms. The van der Waals surface area contributed by atoms with Crippen LogP contribution in [0.1, 0.15) is 50.5 Å². The van der Waals surface area contributed by atoms with Crippen LogP contribution in [-0.4, -0.2) is 11.0 Å². The molecule has 1 fully saturated rings. The lowest BCUT2D eigenvalue weighted by atomic mass is 9.83. The SMILES string of the molecule is CCCC1CCC(Nc2cc3nc(C)sc3cc2N)CC1. The van der Waals surface area contributed by atoms with Crippen molar-refractivity contribution >= 4 is 32.9 Å². The van der Waals surface area contributed by atoms with Gasteiger partial charge in [0.2, 0.25) is 0 Å². The average molecular weight is 303 g/mol. The van der Waals surface area contributed by atoms with Gasteiger partial charge in [0.15, 0.2) is 0 Å². The summed E-state index contributed by atoms with van der Waals surface area (Å²) < 4.78 is 1.18. The fourth-order valence-corrected chi connectivity index (χ4v) is 4.31. The van der Waals surface area contributed by atoms with E-state index in [-0.39, 0.29) is 0 Å². The first-order valence-electron chi connectivity index (χ1n) is 8.09. The van der Waals surface area contributed by atoms with E-state index in [4.69, 9.17) is 5.73 Å². The number of nitrogens with two attached hydrogens (primary N) is 1. The molecular weight excluding hydrogens is 278 g/mol. The van der Waals surface area contributed by atoms with E-state index < -0.39 is 0 Å². The first-order chi connectivity index (χ1) is 10.2. The zero-order chi connectivity index (χ0) is 14.8. The maximum absolute atomic E-state index is 6.20. The van der Waals surface area contributed by atoms with E-state index in [1.807, 2.05) is 6.92 Å². The number of aromatic nitrogens is 1. The number of nitrogens with zero attached hydrogens (tertiary/aromatic N) is 1. The maximum atomic E-state index is 6.20. The summed E-state index contributed by atoms with van der Waals surface area (Å²) in [5.41, 5.74) is 9.18. The summed E-state index contributed by atoms with van der Waals surface area (Å²) in [5, 5.41) is 4.75. The molecule has 1 saturated carbocycles. The number of rotatable bonds is 4. The van der Waals surface area contributed by atoms with Crippen molar-refractivity contribution in [2.24, 2.45) is 5.92 Å². The zero-order valence-electron chi connectivity index (χ0n) is 13.0. The highest BCUT2D eigenvalue weighted by atomic mass is 32.1. The molecule has 3 N–H and O–H groups in total. The molecule has 1 aromatic carbocycles. The number of fused-ring (bicyclic) bond motifs is 1. The Morgan fingerprint density at radius 1 is 1.29 bits per heavy atom. The van der Waals surface area contributed by atoms with Gasteiger partial charge in [-0.05, 0) is 50.7 Å². The van der Waals surface area contributed by atoms with Crippen LogP contribution in [0.5, 0.6) is 0 Å². The fraction of sp³-hybridized carbons (Fsp3) is 0.588. The van der Waals surface area contributed by atoms with Gasteiger partial charge < -0.3 is 11.1 Å². The van der Waals surface area contributed by atoms with Crippen LogP contribution in [0.3, 0.4) is 0 Å². The molecule has 3 rings (SSSR count). The third-order valence-electron chi connectivity index (χ3n) is 4.57. The number of nitrogens with one attached hydrogen (secondary N) is 1. The van der Waals surface area contributed by atoms with Gasteiger partial charge in [0.25, 0.3) is 0 Å². The van der Waals surface area contributed by atoms with E-state index in [9.17, 15) is 0 Å². The van der Waals surface area contributed by atoms with Crippen LogP contribution in [0.4, 0.5) is 11.4 Å². The van der Waals surface area contributed by atoms with Gasteiger partial charge in [-0.15, -0.1) is 11.3 Å². The summed E-state index contributed by atoms with van der Waals surface area (Å²) in [7, 11) is 0. The van der Waals surface area contributed by atoms with Crippen LogP contribution < -0.4 is 11.1 Å². The molecule has 1 aliphatic carbocycles. The Kier molecular flexibility index (Phi) is 4.34. The predicted octanol–water partition coefficient (Wildman–Crippen LogP) is 4.96. The molecule has 0 amide bonds. The molecule has 3 nitrogen and oxygen atoms in total. The molecule has 1 aliphatic rings. The van der Waals surface area contributed by atoms with E-state index in [0.29, 0.717) is 6.04 Å². The topological polar surface area (TPSA) is 50.9 Å². The molecule has 0 radical (unpaired) electrons. The lowest BCUT2D eigenvalue weighted by molar-refractivity contribution is 0.319. The van der Waals surface area contributed by atoms with Crippen LogP contribution >= 0.6 is 11.3 Å². The van der Waals surface area contributed by atoms with Crippen LogP contribution in [0.25, 0.3) is 10.2 Å². The van der Waals surface area contributed by atoms with E-state index >= 15 is 0 Å². The summed E-state index contributed by atoms with van der Waals surface area (Å²) in [5.74, 6) is 0.939. The Morgan fingerprint density at radius 2 is 2.05 bits per heavy atom. The van der Waals surface area contributed by atoms with E-state index in [0.717, 1.165) is 27.8 Å². The van der Waals surface area contributed by atoms with Crippen molar-refractivity contribution in [3.8, 4) is 0 Å². The van der Waals surface area contributed by atoms with Gasteiger partial charge in [0, 0.05) is 6.04 Å². The van der Waals surface area contributed by atoms with E-state index in [1.165, 1.54) is 43.2 Å². The highest BCUT2D eigenvalue weighted by Crippen LogP contribution is 2.33. The molecule has 0 spiro atoms. The summed E-state index contributed by atoms with van der Waals surface area (Å²) in [6.07, 6.45) is 7.93. The minimum absolute atomic E-state index is 0.567. The van der Waals surface area contributed by atoms with Crippen molar-refractivity contribution in [3.05, 3.63) is 17.1 Å².